The molecule has 0 aliphatic carbocycles. The third-order valence-electron chi connectivity index (χ3n) is 2.26. The van der Waals surface area contributed by atoms with Crippen molar-refractivity contribution in [2.24, 2.45) is 0 Å². The molecule has 1 N–H and O–H groups in total. The van der Waals surface area contributed by atoms with Gasteiger partial charge >= 0.3 is 0 Å². The second-order valence-corrected chi connectivity index (χ2v) is 3.80. The predicted octanol–water partition coefficient (Wildman–Crippen LogP) is 3.47. The largest absolute Gasteiger partial charge is 0.508 e. The van der Waals surface area contributed by atoms with Crippen molar-refractivity contribution in [3.63, 3.8) is 0 Å². The fourth-order valence-electron chi connectivity index (χ4n) is 1.52. The van der Waals surface area contributed by atoms with Gasteiger partial charge in [-0.15, -0.1) is 0 Å². The van der Waals surface area contributed by atoms with Gasteiger partial charge in [0.05, 0.1) is 0 Å². The molecule has 0 unspecified atom stereocenters. The van der Waals surface area contributed by atoms with Crippen LogP contribution in [-0.2, 0) is 6.42 Å². The third-order valence-corrected chi connectivity index (χ3v) is 2.26. The molecular formula is C12H18O. The van der Waals surface area contributed by atoms with E-state index in [1.165, 1.54) is 5.56 Å². The summed E-state index contributed by atoms with van der Waals surface area (Å²) in [6.07, 6.45) is 2.17. The van der Waals surface area contributed by atoms with Gasteiger partial charge in [0.1, 0.15) is 5.75 Å². The molecule has 1 aromatic rings. The Morgan fingerprint density at radius 1 is 1.31 bits per heavy atom. The molecule has 0 amide bonds. The van der Waals surface area contributed by atoms with Gasteiger partial charge < -0.3 is 5.11 Å². The molecule has 0 saturated carbocycles. The smallest absolute Gasteiger partial charge is 0.119 e. The van der Waals surface area contributed by atoms with Crippen LogP contribution in [0.3, 0.4) is 0 Å². The SMILES string of the molecule is CCCc1ccc(C(C)C)c(O)c1. The zero-order chi connectivity index (χ0) is 9.84. The number of benzene rings is 1. The monoisotopic (exact) mass is 178 g/mol. The molecule has 0 atom stereocenters. The Hall–Kier alpha value is -0.980. The first-order valence-electron chi connectivity index (χ1n) is 4.97. The van der Waals surface area contributed by atoms with E-state index < -0.39 is 0 Å². The van der Waals surface area contributed by atoms with E-state index in [2.05, 4.69) is 26.8 Å². The van der Waals surface area contributed by atoms with Crippen LogP contribution < -0.4 is 0 Å². The summed E-state index contributed by atoms with van der Waals surface area (Å²) in [7, 11) is 0. The van der Waals surface area contributed by atoms with Gasteiger partial charge in [-0.25, -0.2) is 0 Å². The van der Waals surface area contributed by atoms with E-state index in [9.17, 15) is 5.11 Å². The molecule has 0 saturated heterocycles. The van der Waals surface area contributed by atoms with Gasteiger partial charge in [-0.2, -0.15) is 0 Å². The summed E-state index contributed by atoms with van der Waals surface area (Å²) in [5.74, 6) is 0.844. The maximum atomic E-state index is 9.69. The van der Waals surface area contributed by atoms with Crippen molar-refractivity contribution in [1.82, 2.24) is 0 Å². The second-order valence-electron chi connectivity index (χ2n) is 3.80. The number of phenols is 1. The van der Waals surface area contributed by atoms with Crippen molar-refractivity contribution in [2.75, 3.05) is 0 Å². The number of aromatic hydroxyl groups is 1. The van der Waals surface area contributed by atoms with Crippen molar-refractivity contribution < 1.29 is 5.11 Å². The van der Waals surface area contributed by atoms with Crippen LogP contribution >= 0.6 is 0 Å². The van der Waals surface area contributed by atoms with E-state index >= 15 is 0 Å². The van der Waals surface area contributed by atoms with Crippen LogP contribution in [-0.4, -0.2) is 5.11 Å². The summed E-state index contributed by atoms with van der Waals surface area (Å²) in [4.78, 5) is 0. The van der Waals surface area contributed by atoms with Gasteiger partial charge in [0.2, 0.25) is 0 Å². The van der Waals surface area contributed by atoms with E-state index in [4.69, 9.17) is 0 Å². The molecule has 1 nitrogen and oxygen atoms in total. The van der Waals surface area contributed by atoms with Crippen molar-refractivity contribution in [3.05, 3.63) is 29.3 Å². The molecule has 0 radical (unpaired) electrons. The standard InChI is InChI=1S/C12H18O/c1-4-5-10-6-7-11(9(2)3)12(13)8-10/h6-9,13H,4-5H2,1-3H3. The molecule has 72 valence electrons. The van der Waals surface area contributed by atoms with Crippen LogP contribution in [0.2, 0.25) is 0 Å². The lowest BCUT2D eigenvalue weighted by molar-refractivity contribution is 0.464. The zero-order valence-electron chi connectivity index (χ0n) is 8.67. The van der Waals surface area contributed by atoms with Crippen LogP contribution in [0.4, 0.5) is 0 Å². The van der Waals surface area contributed by atoms with Gasteiger partial charge in [0, 0.05) is 0 Å². The quantitative estimate of drug-likeness (QED) is 0.751. The fraction of sp³-hybridized carbons (Fsp3) is 0.500. The molecule has 13 heavy (non-hydrogen) atoms. The number of hydrogen-bond donors (Lipinski definition) is 1. The van der Waals surface area contributed by atoms with E-state index in [1.807, 2.05) is 12.1 Å². The highest BCUT2D eigenvalue weighted by molar-refractivity contribution is 5.38. The molecule has 0 heterocycles. The molecule has 0 bridgehead atoms. The first-order chi connectivity index (χ1) is 6.15. The minimum absolute atomic E-state index is 0.399. The van der Waals surface area contributed by atoms with E-state index in [0.29, 0.717) is 11.7 Å². The molecule has 1 heteroatoms. The minimum Gasteiger partial charge on any atom is -0.508 e. The van der Waals surface area contributed by atoms with Crippen LogP contribution in [0.15, 0.2) is 18.2 Å². The molecule has 0 fully saturated rings. The third kappa shape index (κ3) is 2.48. The number of hydrogen-bond acceptors (Lipinski definition) is 1. The van der Waals surface area contributed by atoms with Crippen molar-refractivity contribution in [1.29, 1.82) is 0 Å². The van der Waals surface area contributed by atoms with Gasteiger partial charge in [0.25, 0.3) is 0 Å². The van der Waals surface area contributed by atoms with Gasteiger partial charge in [0.15, 0.2) is 0 Å². The number of phenolic OH excluding ortho intramolecular Hbond substituents is 1. The Kier molecular flexibility index (Phi) is 3.35. The molecule has 1 rings (SSSR count). The summed E-state index contributed by atoms with van der Waals surface area (Å²) >= 11 is 0. The topological polar surface area (TPSA) is 20.2 Å². The van der Waals surface area contributed by atoms with E-state index in [1.54, 1.807) is 0 Å². The summed E-state index contributed by atoms with van der Waals surface area (Å²) in [6.45, 7) is 6.33. The highest BCUT2D eigenvalue weighted by atomic mass is 16.3. The summed E-state index contributed by atoms with van der Waals surface area (Å²) in [5.41, 5.74) is 2.27. The normalized spacial score (nSPS) is 10.8. The van der Waals surface area contributed by atoms with Crippen LogP contribution in [0.5, 0.6) is 5.75 Å². The molecule has 0 aromatic heterocycles. The fourth-order valence-corrected chi connectivity index (χ4v) is 1.52. The maximum absolute atomic E-state index is 9.69. The Morgan fingerprint density at radius 3 is 2.46 bits per heavy atom. The highest BCUT2D eigenvalue weighted by Gasteiger charge is 2.05. The Bertz CT molecular complexity index is 276. The van der Waals surface area contributed by atoms with E-state index in [0.717, 1.165) is 18.4 Å². The lowest BCUT2D eigenvalue weighted by atomic mass is 9.99. The molecule has 1 aromatic carbocycles. The second kappa shape index (κ2) is 4.31. The van der Waals surface area contributed by atoms with Crippen LogP contribution in [0, 0.1) is 0 Å². The predicted molar refractivity (Wildman–Crippen MR) is 56.2 cm³/mol. The van der Waals surface area contributed by atoms with Crippen molar-refractivity contribution in [3.8, 4) is 5.75 Å². The Labute approximate surface area is 80.4 Å². The Morgan fingerprint density at radius 2 is 2.00 bits per heavy atom. The average Bonchev–Trinajstić information content (AvgIpc) is 2.04. The number of aryl methyl sites for hydroxylation is 1. The van der Waals surface area contributed by atoms with Gasteiger partial charge in [-0.3, -0.25) is 0 Å². The Balaban J connectivity index is 2.92. The van der Waals surface area contributed by atoms with Gasteiger partial charge in [-0.1, -0.05) is 39.3 Å². The zero-order valence-corrected chi connectivity index (χ0v) is 8.67. The van der Waals surface area contributed by atoms with Gasteiger partial charge in [-0.05, 0) is 29.5 Å². The lowest BCUT2D eigenvalue weighted by Crippen LogP contribution is -1.90. The minimum atomic E-state index is 0.399. The maximum Gasteiger partial charge on any atom is 0.119 e. The summed E-state index contributed by atoms with van der Waals surface area (Å²) in [5, 5.41) is 9.69. The first kappa shape index (κ1) is 10.1. The lowest BCUT2D eigenvalue weighted by Gasteiger charge is -2.09. The molecular weight excluding hydrogens is 160 g/mol. The molecule has 0 aliphatic rings. The van der Waals surface area contributed by atoms with Crippen LogP contribution in [0.25, 0.3) is 0 Å². The van der Waals surface area contributed by atoms with E-state index in [-0.39, 0.29) is 0 Å². The molecule has 0 aliphatic heterocycles. The van der Waals surface area contributed by atoms with Crippen molar-refractivity contribution >= 4 is 0 Å². The summed E-state index contributed by atoms with van der Waals surface area (Å²) < 4.78 is 0. The summed E-state index contributed by atoms with van der Waals surface area (Å²) in [6, 6.07) is 6.03. The molecule has 0 spiro atoms. The van der Waals surface area contributed by atoms with Crippen LogP contribution in [0.1, 0.15) is 44.2 Å². The highest BCUT2D eigenvalue weighted by Crippen LogP contribution is 2.26. The first-order valence-corrected chi connectivity index (χ1v) is 4.97. The van der Waals surface area contributed by atoms with Crippen molar-refractivity contribution in [2.45, 2.75) is 39.5 Å². The number of rotatable bonds is 3. The average molecular weight is 178 g/mol.